The van der Waals surface area contributed by atoms with Crippen LogP contribution in [0.25, 0.3) is 0 Å². The molecule has 2 aromatic carbocycles. The molecule has 142 valence electrons. The molecule has 0 radical (unpaired) electrons. The van der Waals surface area contributed by atoms with Crippen molar-refractivity contribution in [2.75, 3.05) is 13.2 Å². The summed E-state index contributed by atoms with van der Waals surface area (Å²) in [6.45, 7) is 3.57. The highest BCUT2D eigenvalue weighted by Crippen LogP contribution is 2.27. The lowest BCUT2D eigenvalue weighted by molar-refractivity contribution is -0.385. The molecule has 2 N–H and O–H groups in total. The van der Waals surface area contributed by atoms with Crippen molar-refractivity contribution in [3.05, 3.63) is 57.6 Å². The average molecular weight is 373 g/mol. The third-order valence-corrected chi connectivity index (χ3v) is 3.38. The summed E-state index contributed by atoms with van der Waals surface area (Å²) in [5.41, 5.74) is 3.09. The maximum atomic E-state index is 11.8. The summed E-state index contributed by atoms with van der Waals surface area (Å²) in [4.78, 5) is 22.2. The molecule has 0 atom stereocenters. The van der Waals surface area contributed by atoms with Crippen LogP contribution in [0.2, 0.25) is 0 Å². The van der Waals surface area contributed by atoms with Gasteiger partial charge < -0.3 is 14.6 Å². The molecule has 1 amide bonds. The molecular weight excluding hydrogens is 354 g/mol. The van der Waals surface area contributed by atoms with Gasteiger partial charge >= 0.3 is 5.69 Å². The summed E-state index contributed by atoms with van der Waals surface area (Å²) in [6.07, 6.45) is 1.26. The molecule has 0 fully saturated rings. The van der Waals surface area contributed by atoms with Gasteiger partial charge in [0, 0.05) is 17.7 Å². The van der Waals surface area contributed by atoms with Crippen molar-refractivity contribution >= 4 is 17.8 Å². The van der Waals surface area contributed by atoms with Crippen LogP contribution in [-0.2, 0) is 4.79 Å². The number of carbonyl (C=O) groups excluding carboxylic acids is 1. The normalized spacial score (nSPS) is 10.6. The van der Waals surface area contributed by atoms with E-state index in [9.17, 15) is 20.0 Å². The number of rotatable bonds is 8. The summed E-state index contributed by atoms with van der Waals surface area (Å²) in [5, 5.41) is 24.6. The minimum Gasteiger partial charge on any atom is -0.507 e. The molecule has 9 heteroatoms. The number of benzene rings is 2. The number of hydrogen-bond acceptors (Lipinski definition) is 7. The fourth-order valence-electron chi connectivity index (χ4n) is 2.13. The predicted molar refractivity (Wildman–Crippen MR) is 98.3 cm³/mol. The molecule has 27 heavy (non-hydrogen) atoms. The van der Waals surface area contributed by atoms with Crippen LogP contribution in [0.15, 0.2) is 41.5 Å². The number of aryl methyl sites for hydroxylation is 1. The first kappa shape index (κ1) is 19.7. The van der Waals surface area contributed by atoms with Crippen molar-refractivity contribution in [2.24, 2.45) is 5.10 Å². The number of nitrogens with zero attached hydrogens (tertiary/aromatic N) is 2. The van der Waals surface area contributed by atoms with Gasteiger partial charge in [0.05, 0.1) is 17.7 Å². The Morgan fingerprint density at radius 3 is 2.74 bits per heavy atom. The number of phenolic OH excluding ortho intramolecular Hbond substituents is 1. The number of ether oxygens (including phenoxy) is 2. The highest BCUT2D eigenvalue weighted by atomic mass is 16.6. The zero-order chi connectivity index (χ0) is 19.8. The quantitative estimate of drug-likeness (QED) is 0.416. The van der Waals surface area contributed by atoms with Crippen LogP contribution in [0.1, 0.15) is 18.1 Å². The maximum Gasteiger partial charge on any atom is 0.311 e. The molecule has 0 aliphatic rings. The van der Waals surface area contributed by atoms with Gasteiger partial charge in [-0.05, 0) is 37.6 Å². The number of hydrogen-bond donors (Lipinski definition) is 2. The lowest BCUT2D eigenvalue weighted by Crippen LogP contribution is -2.24. The second kappa shape index (κ2) is 9.18. The zero-order valence-electron chi connectivity index (χ0n) is 14.8. The zero-order valence-corrected chi connectivity index (χ0v) is 14.8. The van der Waals surface area contributed by atoms with E-state index < -0.39 is 17.4 Å². The Labute approximate surface area is 155 Å². The molecule has 0 saturated heterocycles. The molecular formula is C18H19N3O6. The largest absolute Gasteiger partial charge is 0.507 e. The van der Waals surface area contributed by atoms with Crippen LogP contribution in [-0.4, -0.2) is 35.4 Å². The minimum atomic E-state index is -0.605. The van der Waals surface area contributed by atoms with Crippen molar-refractivity contribution in [1.29, 1.82) is 0 Å². The number of hydrazone groups is 1. The molecule has 0 bridgehead atoms. The number of nitro groups is 1. The van der Waals surface area contributed by atoms with E-state index in [2.05, 4.69) is 10.5 Å². The van der Waals surface area contributed by atoms with Crippen molar-refractivity contribution in [3.63, 3.8) is 0 Å². The summed E-state index contributed by atoms with van der Waals surface area (Å²) in [6, 6.07) is 9.12. The van der Waals surface area contributed by atoms with E-state index in [-0.39, 0.29) is 17.2 Å². The second-order valence-electron chi connectivity index (χ2n) is 5.46. The third-order valence-electron chi connectivity index (χ3n) is 3.38. The highest BCUT2D eigenvalue weighted by molar-refractivity contribution is 5.85. The Balaban J connectivity index is 1.92. The van der Waals surface area contributed by atoms with Crippen molar-refractivity contribution in [1.82, 2.24) is 5.43 Å². The predicted octanol–water partition coefficient (Wildman–Crippen LogP) is 2.54. The second-order valence-corrected chi connectivity index (χ2v) is 5.46. The molecule has 2 aromatic rings. The third kappa shape index (κ3) is 5.70. The fourth-order valence-corrected chi connectivity index (χ4v) is 2.13. The van der Waals surface area contributed by atoms with Gasteiger partial charge in [-0.2, -0.15) is 5.10 Å². The van der Waals surface area contributed by atoms with E-state index in [1.165, 1.54) is 24.4 Å². The van der Waals surface area contributed by atoms with E-state index in [4.69, 9.17) is 9.47 Å². The summed E-state index contributed by atoms with van der Waals surface area (Å²) in [5.74, 6) is -0.143. The lowest BCUT2D eigenvalue weighted by Gasteiger charge is -2.06. The van der Waals surface area contributed by atoms with Crippen LogP contribution >= 0.6 is 0 Å². The van der Waals surface area contributed by atoms with Gasteiger partial charge in [-0.1, -0.05) is 6.07 Å². The molecule has 9 nitrogen and oxygen atoms in total. The first-order chi connectivity index (χ1) is 12.9. The summed E-state index contributed by atoms with van der Waals surface area (Å²) >= 11 is 0. The molecule has 0 unspecified atom stereocenters. The van der Waals surface area contributed by atoms with E-state index >= 15 is 0 Å². The van der Waals surface area contributed by atoms with E-state index in [0.717, 1.165) is 0 Å². The molecule has 0 spiro atoms. The van der Waals surface area contributed by atoms with Crippen LogP contribution in [0.3, 0.4) is 0 Å². The topological polar surface area (TPSA) is 123 Å². The summed E-state index contributed by atoms with van der Waals surface area (Å²) < 4.78 is 10.4. The Morgan fingerprint density at radius 1 is 1.30 bits per heavy atom. The molecule has 0 saturated carbocycles. The smallest absolute Gasteiger partial charge is 0.311 e. The number of nitrogens with one attached hydrogen (secondary N) is 1. The first-order valence-electron chi connectivity index (χ1n) is 8.06. The molecule has 0 heterocycles. The van der Waals surface area contributed by atoms with Crippen LogP contribution < -0.4 is 14.9 Å². The van der Waals surface area contributed by atoms with Gasteiger partial charge in [0.25, 0.3) is 5.91 Å². The number of phenols is 1. The van der Waals surface area contributed by atoms with Gasteiger partial charge in [0.2, 0.25) is 0 Å². The molecule has 0 aliphatic heterocycles. The lowest BCUT2D eigenvalue weighted by atomic mass is 10.2. The van der Waals surface area contributed by atoms with Gasteiger partial charge in [-0.25, -0.2) is 5.43 Å². The van der Waals surface area contributed by atoms with Crippen molar-refractivity contribution < 1.29 is 24.3 Å². The van der Waals surface area contributed by atoms with Gasteiger partial charge in [0.1, 0.15) is 11.5 Å². The molecule has 0 aromatic heterocycles. The minimum absolute atomic E-state index is 0.00566. The van der Waals surface area contributed by atoms with E-state index in [1.807, 2.05) is 6.92 Å². The monoisotopic (exact) mass is 373 g/mol. The molecule has 0 aliphatic carbocycles. The van der Waals surface area contributed by atoms with Crippen LogP contribution in [0.5, 0.6) is 17.2 Å². The molecule has 2 rings (SSSR count). The number of aromatic hydroxyl groups is 1. The first-order valence-corrected chi connectivity index (χ1v) is 8.06. The Morgan fingerprint density at radius 2 is 2.07 bits per heavy atom. The van der Waals surface area contributed by atoms with Gasteiger partial charge in [-0.15, -0.1) is 0 Å². The van der Waals surface area contributed by atoms with Crippen molar-refractivity contribution in [3.8, 4) is 17.2 Å². The SMILES string of the molecule is CCOc1ccc(/C=N/NC(=O)COc2ccc(C)cc2[N+](=O)[O-])c(O)c1. The number of amides is 1. The standard InChI is InChI=1S/C18H19N3O6/c1-3-26-14-6-5-13(16(22)9-14)10-19-20-18(23)11-27-17-7-4-12(2)8-15(17)21(24)25/h4-10,22H,3,11H2,1-2H3,(H,20,23)/b19-10+. The highest BCUT2D eigenvalue weighted by Gasteiger charge is 2.16. The number of nitro benzene ring substituents is 1. The van der Waals surface area contributed by atoms with E-state index in [0.29, 0.717) is 23.5 Å². The Hall–Kier alpha value is -3.62. The number of carbonyl (C=O) groups is 1. The Bertz CT molecular complexity index is 866. The van der Waals surface area contributed by atoms with Crippen LogP contribution in [0, 0.1) is 17.0 Å². The van der Waals surface area contributed by atoms with E-state index in [1.54, 1.807) is 25.1 Å². The van der Waals surface area contributed by atoms with Crippen molar-refractivity contribution in [2.45, 2.75) is 13.8 Å². The van der Waals surface area contributed by atoms with Gasteiger partial charge in [0.15, 0.2) is 12.4 Å². The Kier molecular flexibility index (Phi) is 6.70. The summed E-state index contributed by atoms with van der Waals surface area (Å²) in [7, 11) is 0. The average Bonchev–Trinajstić information content (AvgIpc) is 2.62. The fraction of sp³-hybridized carbons (Fsp3) is 0.222. The maximum absolute atomic E-state index is 11.8. The van der Waals surface area contributed by atoms with Crippen LogP contribution in [0.4, 0.5) is 5.69 Å². The van der Waals surface area contributed by atoms with Gasteiger partial charge in [-0.3, -0.25) is 14.9 Å².